The molecule has 1 saturated carbocycles. The van der Waals surface area contributed by atoms with Gasteiger partial charge in [-0.15, -0.1) is 0 Å². The van der Waals surface area contributed by atoms with Crippen LogP contribution in [-0.2, 0) is 0 Å². The van der Waals surface area contributed by atoms with Gasteiger partial charge >= 0.3 is 0 Å². The van der Waals surface area contributed by atoms with Gasteiger partial charge in [-0.1, -0.05) is 33.6 Å². The Morgan fingerprint density at radius 3 is 2.50 bits per heavy atom. The highest BCUT2D eigenvalue weighted by molar-refractivity contribution is 4.96. The molecular weight excluding hydrogens is 220 g/mol. The van der Waals surface area contributed by atoms with E-state index in [0.717, 1.165) is 18.5 Å². The van der Waals surface area contributed by atoms with Gasteiger partial charge < -0.3 is 5.32 Å². The number of nitrogens with one attached hydrogen (secondary N) is 1. The summed E-state index contributed by atoms with van der Waals surface area (Å²) in [6.07, 6.45) is 6.81. The maximum atomic E-state index is 3.63. The predicted molar refractivity (Wildman–Crippen MR) is 81.0 cm³/mol. The Morgan fingerprint density at radius 2 is 2.00 bits per heavy atom. The standard InChI is InChI=1S/C16H34N2/c1-7-16(5,14(4)17-8-2)18(6)15-11-9-10-13(3)12-15/h13-15,17H,7-12H2,1-6H3. The van der Waals surface area contributed by atoms with Crippen molar-refractivity contribution >= 4 is 0 Å². The summed E-state index contributed by atoms with van der Waals surface area (Å²) in [6.45, 7) is 12.8. The van der Waals surface area contributed by atoms with Gasteiger partial charge in [0, 0.05) is 17.6 Å². The predicted octanol–water partition coefficient (Wildman–Crippen LogP) is 3.66. The molecule has 0 bridgehead atoms. The maximum Gasteiger partial charge on any atom is 0.0328 e. The Labute approximate surface area is 115 Å². The van der Waals surface area contributed by atoms with E-state index in [4.69, 9.17) is 0 Å². The Balaban J connectivity index is 2.73. The van der Waals surface area contributed by atoms with Crippen LogP contribution >= 0.6 is 0 Å². The lowest BCUT2D eigenvalue weighted by atomic mass is 9.81. The molecule has 0 aromatic rings. The van der Waals surface area contributed by atoms with E-state index in [2.05, 4.69) is 51.9 Å². The molecule has 4 unspecified atom stereocenters. The Morgan fingerprint density at radius 1 is 1.33 bits per heavy atom. The van der Waals surface area contributed by atoms with Crippen LogP contribution in [0.3, 0.4) is 0 Å². The average molecular weight is 254 g/mol. The molecule has 2 heteroatoms. The fraction of sp³-hybridized carbons (Fsp3) is 1.00. The summed E-state index contributed by atoms with van der Waals surface area (Å²) in [5.74, 6) is 0.904. The van der Waals surface area contributed by atoms with Crippen LogP contribution in [0, 0.1) is 5.92 Å². The van der Waals surface area contributed by atoms with Crippen molar-refractivity contribution in [3.8, 4) is 0 Å². The van der Waals surface area contributed by atoms with Crippen molar-refractivity contribution in [1.82, 2.24) is 10.2 Å². The first-order chi connectivity index (χ1) is 8.45. The minimum absolute atomic E-state index is 0.276. The smallest absolute Gasteiger partial charge is 0.0328 e. The van der Waals surface area contributed by atoms with Gasteiger partial charge in [0.2, 0.25) is 0 Å². The SMILES string of the molecule is CCNC(C)C(C)(CC)N(C)C1CCCC(C)C1. The molecule has 0 amide bonds. The number of hydrogen-bond acceptors (Lipinski definition) is 2. The van der Waals surface area contributed by atoms with Crippen molar-refractivity contribution in [2.45, 2.75) is 84.3 Å². The summed E-state index contributed by atoms with van der Waals surface area (Å²) >= 11 is 0. The van der Waals surface area contributed by atoms with Crippen LogP contribution in [-0.4, -0.2) is 36.1 Å². The van der Waals surface area contributed by atoms with Crippen molar-refractivity contribution in [2.24, 2.45) is 5.92 Å². The molecule has 0 aromatic carbocycles. The molecule has 4 atom stereocenters. The molecule has 0 aliphatic heterocycles. The molecule has 1 aliphatic carbocycles. The normalized spacial score (nSPS) is 30.2. The lowest BCUT2D eigenvalue weighted by Gasteiger charge is -2.49. The summed E-state index contributed by atoms with van der Waals surface area (Å²) in [5, 5.41) is 3.63. The van der Waals surface area contributed by atoms with Crippen molar-refractivity contribution < 1.29 is 0 Å². The van der Waals surface area contributed by atoms with E-state index in [9.17, 15) is 0 Å². The summed E-state index contributed by atoms with van der Waals surface area (Å²) in [4.78, 5) is 2.68. The molecule has 18 heavy (non-hydrogen) atoms. The van der Waals surface area contributed by atoms with Crippen LogP contribution in [0.4, 0.5) is 0 Å². The Kier molecular flexibility index (Phi) is 6.13. The molecule has 1 rings (SSSR count). The Hall–Kier alpha value is -0.0800. The lowest BCUT2D eigenvalue weighted by molar-refractivity contribution is 0.0279. The Bertz CT molecular complexity index is 241. The van der Waals surface area contributed by atoms with Gasteiger partial charge in [-0.2, -0.15) is 0 Å². The summed E-state index contributed by atoms with van der Waals surface area (Å²) in [6, 6.07) is 1.33. The number of nitrogens with zero attached hydrogens (tertiary/aromatic N) is 1. The van der Waals surface area contributed by atoms with Gasteiger partial charge in [0.25, 0.3) is 0 Å². The lowest BCUT2D eigenvalue weighted by Crippen LogP contribution is -2.60. The van der Waals surface area contributed by atoms with Gasteiger partial charge in [-0.3, -0.25) is 4.90 Å². The van der Waals surface area contributed by atoms with Crippen molar-refractivity contribution in [2.75, 3.05) is 13.6 Å². The molecule has 0 radical (unpaired) electrons. The third-order valence-corrected chi connectivity index (χ3v) is 5.42. The summed E-state index contributed by atoms with van der Waals surface area (Å²) < 4.78 is 0. The fourth-order valence-electron chi connectivity index (χ4n) is 3.56. The first-order valence-electron chi connectivity index (χ1n) is 7.92. The first-order valence-corrected chi connectivity index (χ1v) is 7.92. The second-order valence-electron chi connectivity index (χ2n) is 6.53. The van der Waals surface area contributed by atoms with E-state index in [1.807, 2.05) is 0 Å². The quantitative estimate of drug-likeness (QED) is 0.778. The second kappa shape index (κ2) is 6.91. The first kappa shape index (κ1) is 16.0. The van der Waals surface area contributed by atoms with Crippen LogP contribution in [0.15, 0.2) is 0 Å². The van der Waals surface area contributed by atoms with Crippen LogP contribution in [0.25, 0.3) is 0 Å². The molecule has 1 N–H and O–H groups in total. The highest BCUT2D eigenvalue weighted by atomic mass is 15.2. The highest BCUT2D eigenvalue weighted by Crippen LogP contribution is 2.33. The van der Waals surface area contributed by atoms with E-state index in [0.29, 0.717) is 6.04 Å². The zero-order valence-electron chi connectivity index (χ0n) is 13.4. The van der Waals surface area contributed by atoms with Gasteiger partial charge in [-0.25, -0.2) is 0 Å². The van der Waals surface area contributed by atoms with Crippen LogP contribution in [0.5, 0.6) is 0 Å². The van der Waals surface area contributed by atoms with Gasteiger partial charge in [0.1, 0.15) is 0 Å². The molecule has 1 fully saturated rings. The number of hydrogen-bond donors (Lipinski definition) is 1. The third kappa shape index (κ3) is 3.48. The van der Waals surface area contributed by atoms with Gasteiger partial charge in [0.15, 0.2) is 0 Å². The van der Waals surface area contributed by atoms with Gasteiger partial charge in [-0.05, 0) is 52.6 Å². The highest BCUT2D eigenvalue weighted by Gasteiger charge is 2.37. The van der Waals surface area contributed by atoms with E-state index in [1.165, 1.54) is 32.1 Å². The van der Waals surface area contributed by atoms with E-state index < -0.39 is 0 Å². The van der Waals surface area contributed by atoms with E-state index in [1.54, 1.807) is 0 Å². The molecule has 2 nitrogen and oxygen atoms in total. The topological polar surface area (TPSA) is 15.3 Å². The number of rotatable bonds is 6. The molecule has 108 valence electrons. The third-order valence-electron chi connectivity index (χ3n) is 5.42. The van der Waals surface area contributed by atoms with Crippen molar-refractivity contribution in [3.63, 3.8) is 0 Å². The molecule has 0 saturated heterocycles. The molecule has 1 aliphatic rings. The van der Waals surface area contributed by atoms with Crippen molar-refractivity contribution in [3.05, 3.63) is 0 Å². The number of likely N-dealkylation sites (N-methyl/N-ethyl adjacent to an activating group) is 2. The van der Waals surface area contributed by atoms with Crippen molar-refractivity contribution in [1.29, 1.82) is 0 Å². The minimum Gasteiger partial charge on any atom is -0.313 e. The zero-order chi connectivity index (χ0) is 13.8. The van der Waals surface area contributed by atoms with Crippen LogP contribution < -0.4 is 5.32 Å². The molecular formula is C16H34N2. The summed E-state index contributed by atoms with van der Waals surface area (Å²) in [7, 11) is 2.35. The minimum atomic E-state index is 0.276. The van der Waals surface area contributed by atoms with Gasteiger partial charge in [0.05, 0.1) is 0 Å². The van der Waals surface area contributed by atoms with E-state index in [-0.39, 0.29) is 5.54 Å². The zero-order valence-corrected chi connectivity index (χ0v) is 13.4. The summed E-state index contributed by atoms with van der Waals surface area (Å²) in [5.41, 5.74) is 0.276. The fourth-order valence-corrected chi connectivity index (χ4v) is 3.56. The maximum absolute atomic E-state index is 3.63. The molecule has 0 spiro atoms. The second-order valence-corrected chi connectivity index (χ2v) is 6.53. The van der Waals surface area contributed by atoms with E-state index >= 15 is 0 Å². The largest absolute Gasteiger partial charge is 0.313 e. The average Bonchev–Trinajstić information content (AvgIpc) is 2.37. The van der Waals surface area contributed by atoms with Crippen LogP contribution in [0.1, 0.15) is 66.7 Å². The van der Waals surface area contributed by atoms with Crippen LogP contribution in [0.2, 0.25) is 0 Å². The monoisotopic (exact) mass is 254 g/mol. The molecule has 0 aromatic heterocycles. The molecule has 0 heterocycles.